The molecular formula is C19H20O. The molecule has 0 fully saturated rings. The molecule has 0 aromatic heterocycles. The molecule has 0 amide bonds. The molecule has 2 aromatic carbocycles. The minimum Gasteiger partial charge on any atom is -0.388 e. The Morgan fingerprint density at radius 3 is 2.20 bits per heavy atom. The van der Waals surface area contributed by atoms with Gasteiger partial charge < -0.3 is 5.11 Å². The molecule has 1 heteroatoms. The molecule has 0 bridgehead atoms. The Morgan fingerprint density at radius 1 is 0.850 bits per heavy atom. The van der Waals surface area contributed by atoms with Crippen LogP contribution in [0.2, 0.25) is 0 Å². The third-order valence-electron chi connectivity index (χ3n) is 3.13. The lowest BCUT2D eigenvalue weighted by Gasteiger charge is -2.08. The number of benzene rings is 2. The van der Waals surface area contributed by atoms with E-state index in [1.165, 1.54) is 5.56 Å². The summed E-state index contributed by atoms with van der Waals surface area (Å²) in [5.74, 6) is 0. The lowest BCUT2D eigenvalue weighted by atomic mass is 10.1. The maximum Gasteiger partial charge on any atom is 0.0793 e. The van der Waals surface area contributed by atoms with Crippen LogP contribution in [0, 0.1) is 0 Å². The van der Waals surface area contributed by atoms with Crippen LogP contribution in [0.1, 0.15) is 30.1 Å². The average molecular weight is 264 g/mol. The first-order valence-electron chi connectivity index (χ1n) is 6.97. The van der Waals surface area contributed by atoms with Crippen molar-refractivity contribution in [3.63, 3.8) is 0 Å². The Bertz CT molecular complexity index is 540. The summed E-state index contributed by atoms with van der Waals surface area (Å²) in [5.41, 5.74) is 2.18. The van der Waals surface area contributed by atoms with Crippen LogP contribution < -0.4 is 0 Å². The molecule has 0 radical (unpaired) electrons. The van der Waals surface area contributed by atoms with Gasteiger partial charge in [-0.2, -0.15) is 0 Å². The Hall–Kier alpha value is -2.12. The van der Waals surface area contributed by atoms with Crippen LogP contribution in [0.25, 0.3) is 6.08 Å². The quantitative estimate of drug-likeness (QED) is 0.745. The van der Waals surface area contributed by atoms with E-state index in [0.717, 1.165) is 18.4 Å². The lowest BCUT2D eigenvalue weighted by molar-refractivity contribution is 0.169. The summed E-state index contributed by atoms with van der Waals surface area (Å²) in [6, 6.07) is 20.0. The summed E-state index contributed by atoms with van der Waals surface area (Å²) in [7, 11) is 0. The smallest absolute Gasteiger partial charge is 0.0793 e. The number of hydrogen-bond acceptors (Lipinski definition) is 1. The molecule has 20 heavy (non-hydrogen) atoms. The minimum atomic E-state index is -0.376. The number of hydrogen-bond donors (Lipinski definition) is 1. The molecule has 1 N–H and O–H groups in total. The van der Waals surface area contributed by atoms with Crippen LogP contribution >= 0.6 is 0 Å². The molecule has 0 aliphatic rings. The van der Waals surface area contributed by atoms with E-state index in [9.17, 15) is 5.11 Å². The van der Waals surface area contributed by atoms with E-state index >= 15 is 0 Å². The van der Waals surface area contributed by atoms with Gasteiger partial charge in [-0.1, -0.05) is 85.0 Å². The highest BCUT2D eigenvalue weighted by atomic mass is 16.3. The number of allylic oxidation sites excluding steroid dienone is 3. The molecule has 0 aliphatic carbocycles. The average Bonchev–Trinajstić information content (AvgIpc) is 2.52. The Labute approximate surface area is 120 Å². The molecule has 1 atom stereocenters. The summed E-state index contributed by atoms with van der Waals surface area (Å²) >= 11 is 0. The highest BCUT2D eigenvalue weighted by Crippen LogP contribution is 2.17. The monoisotopic (exact) mass is 264 g/mol. The molecule has 2 aromatic rings. The first-order valence-corrected chi connectivity index (χ1v) is 6.97. The van der Waals surface area contributed by atoms with Gasteiger partial charge in [-0.05, 0) is 24.0 Å². The zero-order valence-electron chi connectivity index (χ0n) is 11.5. The fourth-order valence-corrected chi connectivity index (χ4v) is 2.00. The molecule has 0 heterocycles. The topological polar surface area (TPSA) is 20.2 Å². The molecule has 1 unspecified atom stereocenters. The van der Waals surface area contributed by atoms with Gasteiger partial charge in [-0.25, -0.2) is 0 Å². The minimum absolute atomic E-state index is 0.376. The Morgan fingerprint density at radius 2 is 1.50 bits per heavy atom. The van der Waals surface area contributed by atoms with E-state index in [-0.39, 0.29) is 6.10 Å². The van der Waals surface area contributed by atoms with Crippen molar-refractivity contribution in [2.45, 2.75) is 18.9 Å². The summed E-state index contributed by atoms with van der Waals surface area (Å²) in [4.78, 5) is 0. The Balaban J connectivity index is 1.73. The van der Waals surface area contributed by atoms with Crippen molar-refractivity contribution in [1.82, 2.24) is 0 Å². The SMILES string of the molecule is OC(CC/C=C/C=C/c1ccccc1)c1ccccc1. The van der Waals surface area contributed by atoms with Crippen molar-refractivity contribution in [1.29, 1.82) is 0 Å². The predicted octanol–water partition coefficient (Wildman–Crippen LogP) is 4.77. The Kier molecular flexibility index (Phi) is 5.81. The highest BCUT2D eigenvalue weighted by molar-refractivity contribution is 5.50. The van der Waals surface area contributed by atoms with Gasteiger partial charge >= 0.3 is 0 Å². The van der Waals surface area contributed by atoms with Crippen LogP contribution in [0.5, 0.6) is 0 Å². The third-order valence-corrected chi connectivity index (χ3v) is 3.13. The van der Waals surface area contributed by atoms with E-state index in [4.69, 9.17) is 0 Å². The largest absolute Gasteiger partial charge is 0.388 e. The molecule has 0 saturated carbocycles. The van der Waals surface area contributed by atoms with Crippen molar-refractivity contribution in [2.24, 2.45) is 0 Å². The van der Waals surface area contributed by atoms with Gasteiger partial charge in [0.1, 0.15) is 0 Å². The summed E-state index contributed by atoms with van der Waals surface area (Å²) in [6.45, 7) is 0. The molecule has 0 saturated heterocycles. The van der Waals surface area contributed by atoms with Crippen LogP contribution in [0.4, 0.5) is 0 Å². The predicted molar refractivity (Wildman–Crippen MR) is 85.3 cm³/mol. The molecule has 0 aliphatic heterocycles. The molecule has 0 spiro atoms. The normalized spacial score (nSPS) is 13.1. The van der Waals surface area contributed by atoms with E-state index < -0.39 is 0 Å². The standard InChI is InChI=1S/C19H20O/c20-19(18-14-8-4-9-15-18)16-10-2-1-5-11-17-12-6-3-7-13-17/h1-9,11-15,19-20H,10,16H2/b2-1+,11-5+. The van der Waals surface area contributed by atoms with Crippen molar-refractivity contribution >= 4 is 6.08 Å². The molecule has 2 rings (SSSR count). The van der Waals surface area contributed by atoms with Crippen LogP contribution in [-0.2, 0) is 0 Å². The number of aliphatic hydroxyl groups excluding tert-OH is 1. The fourth-order valence-electron chi connectivity index (χ4n) is 2.00. The maximum absolute atomic E-state index is 10.0. The van der Waals surface area contributed by atoms with Gasteiger partial charge in [0.2, 0.25) is 0 Å². The van der Waals surface area contributed by atoms with E-state index in [1.807, 2.05) is 60.7 Å². The van der Waals surface area contributed by atoms with Crippen LogP contribution in [0.3, 0.4) is 0 Å². The second-order valence-corrected chi connectivity index (χ2v) is 4.70. The van der Waals surface area contributed by atoms with Crippen molar-refractivity contribution in [2.75, 3.05) is 0 Å². The highest BCUT2D eigenvalue weighted by Gasteiger charge is 2.04. The van der Waals surface area contributed by atoms with Gasteiger partial charge in [-0.3, -0.25) is 0 Å². The van der Waals surface area contributed by atoms with Gasteiger partial charge in [0, 0.05) is 0 Å². The molecule has 1 nitrogen and oxygen atoms in total. The van der Waals surface area contributed by atoms with Gasteiger partial charge in [0.25, 0.3) is 0 Å². The van der Waals surface area contributed by atoms with Gasteiger partial charge in [0.15, 0.2) is 0 Å². The molecular weight excluding hydrogens is 244 g/mol. The molecule has 102 valence electrons. The number of rotatable bonds is 6. The second kappa shape index (κ2) is 8.13. The van der Waals surface area contributed by atoms with Gasteiger partial charge in [0.05, 0.1) is 6.10 Å². The first-order chi connectivity index (χ1) is 9.86. The van der Waals surface area contributed by atoms with E-state index in [1.54, 1.807) is 0 Å². The van der Waals surface area contributed by atoms with Gasteiger partial charge in [-0.15, -0.1) is 0 Å². The number of aliphatic hydroxyl groups is 1. The van der Waals surface area contributed by atoms with Crippen molar-refractivity contribution in [3.8, 4) is 0 Å². The first kappa shape index (κ1) is 14.3. The maximum atomic E-state index is 10.0. The summed E-state index contributed by atoms with van der Waals surface area (Å²) in [5, 5.41) is 10.0. The van der Waals surface area contributed by atoms with E-state index in [2.05, 4.69) is 24.3 Å². The third kappa shape index (κ3) is 4.87. The zero-order chi connectivity index (χ0) is 14.0. The summed E-state index contributed by atoms with van der Waals surface area (Å²) < 4.78 is 0. The van der Waals surface area contributed by atoms with E-state index in [0.29, 0.717) is 0 Å². The lowest BCUT2D eigenvalue weighted by Crippen LogP contribution is -1.95. The zero-order valence-corrected chi connectivity index (χ0v) is 11.5. The van der Waals surface area contributed by atoms with Crippen LogP contribution in [-0.4, -0.2) is 5.11 Å². The van der Waals surface area contributed by atoms with Crippen molar-refractivity contribution < 1.29 is 5.11 Å². The van der Waals surface area contributed by atoms with Crippen molar-refractivity contribution in [3.05, 3.63) is 90.0 Å². The fraction of sp³-hybridized carbons (Fsp3) is 0.158. The van der Waals surface area contributed by atoms with Crippen LogP contribution in [0.15, 0.2) is 78.9 Å². The second-order valence-electron chi connectivity index (χ2n) is 4.70. The summed E-state index contributed by atoms with van der Waals surface area (Å²) in [6.07, 6.45) is 9.47.